The molecule has 0 aliphatic heterocycles. The summed E-state index contributed by atoms with van der Waals surface area (Å²) in [5.41, 5.74) is 11.1. The van der Waals surface area contributed by atoms with Crippen molar-refractivity contribution >= 4 is 55.9 Å². The first-order valence-corrected chi connectivity index (χ1v) is 17.4. The van der Waals surface area contributed by atoms with Crippen molar-refractivity contribution in [3.05, 3.63) is 131 Å². The fraction of sp³-hybridized carbons (Fsp3) is 0.286. The maximum atomic E-state index is 2.28. The molecule has 46 heavy (non-hydrogen) atoms. The molecule has 4 heteroatoms. The second-order valence-electron chi connectivity index (χ2n) is 13.8. The van der Waals surface area contributed by atoms with Crippen molar-refractivity contribution in [2.24, 2.45) is 0 Å². The molecule has 6 rings (SSSR count). The van der Waals surface area contributed by atoms with Gasteiger partial charge in [0.25, 0.3) is 0 Å². The monoisotopic (exact) mass is 832 g/mol. The average molecular weight is 832 g/mol. The fourth-order valence-electron chi connectivity index (χ4n) is 5.57. The van der Waals surface area contributed by atoms with Crippen molar-refractivity contribution in [2.45, 2.75) is 79.3 Å². The second-order valence-corrected chi connectivity index (χ2v) is 14.8. The molecular weight excluding hydrogens is 782 g/mol. The Morgan fingerprint density at radius 2 is 0.804 bits per heavy atom. The second kappa shape index (κ2) is 17.8. The van der Waals surface area contributed by atoms with Gasteiger partial charge in [0.15, 0.2) is 0 Å². The molecule has 0 amide bonds. The smallest absolute Gasteiger partial charge is 0.0307 e. The summed E-state index contributed by atoms with van der Waals surface area (Å²) in [7, 11) is 1.08. The molecule has 0 nitrogen and oxygen atoms in total. The standard InChI is InChI=1S/2C20H21.C2H6Si.2ClH.Hf/c2*1-14-12-16-6-5-7-18(19(16)13-14)15-8-10-17(11-9-15)20(2,3)4;1-3-2;;;/h2*5-13H,1-4H3;1-2H3;2*1H;/q2*-1;;;;. The van der Waals surface area contributed by atoms with E-state index in [2.05, 4.69) is 178 Å². The van der Waals surface area contributed by atoms with Gasteiger partial charge in [-0.15, -0.1) is 93.9 Å². The average Bonchev–Trinajstić information content (AvgIpc) is 3.53. The zero-order valence-corrected chi connectivity index (χ0v) is 35.4. The molecule has 6 aromatic carbocycles. The molecule has 0 N–H and O–H groups in total. The summed E-state index contributed by atoms with van der Waals surface area (Å²) in [6, 6.07) is 40.2. The molecule has 0 bridgehead atoms. The molecule has 2 radical (unpaired) electrons. The molecule has 0 fully saturated rings. The number of aryl methyl sites for hydroxylation is 2. The maximum Gasteiger partial charge on any atom is 0.0307 e. The van der Waals surface area contributed by atoms with E-state index in [1.807, 2.05) is 0 Å². The van der Waals surface area contributed by atoms with Crippen molar-refractivity contribution in [2.75, 3.05) is 0 Å². The third-order valence-corrected chi connectivity index (χ3v) is 7.91. The van der Waals surface area contributed by atoms with Gasteiger partial charge in [-0.3, -0.25) is 0 Å². The minimum absolute atomic E-state index is 0. The number of hydrogen-bond acceptors (Lipinski definition) is 0. The minimum atomic E-state index is 0. The Balaban J connectivity index is 0.000000400. The predicted octanol–water partition coefficient (Wildman–Crippen LogP) is 13.3. The van der Waals surface area contributed by atoms with E-state index in [1.165, 1.54) is 66.1 Å². The van der Waals surface area contributed by atoms with Crippen LogP contribution in [-0.4, -0.2) is 9.52 Å². The maximum absolute atomic E-state index is 2.28. The molecule has 0 unspecified atom stereocenters. The first-order chi connectivity index (χ1) is 20.3. The Hall–Kier alpha value is -2.23. The van der Waals surface area contributed by atoms with Gasteiger partial charge in [0.1, 0.15) is 0 Å². The molecule has 0 saturated heterocycles. The first-order valence-electron chi connectivity index (χ1n) is 15.4. The van der Waals surface area contributed by atoms with Gasteiger partial charge in [0, 0.05) is 35.4 Å². The van der Waals surface area contributed by atoms with Crippen LogP contribution in [-0.2, 0) is 36.7 Å². The first kappa shape index (κ1) is 41.8. The van der Waals surface area contributed by atoms with Crippen LogP contribution in [0.25, 0.3) is 43.8 Å². The largest absolute Gasteiger partial charge is 0.165 e. The summed E-state index contributed by atoms with van der Waals surface area (Å²) in [6.45, 7) is 22.1. The molecule has 0 atom stereocenters. The topological polar surface area (TPSA) is 0 Å². The van der Waals surface area contributed by atoms with Crippen molar-refractivity contribution in [1.82, 2.24) is 0 Å². The number of halogens is 2. The van der Waals surface area contributed by atoms with E-state index in [0.29, 0.717) is 0 Å². The van der Waals surface area contributed by atoms with Gasteiger partial charge in [0.2, 0.25) is 0 Å². The summed E-state index contributed by atoms with van der Waals surface area (Å²) in [4.78, 5) is 0. The van der Waals surface area contributed by atoms with E-state index in [9.17, 15) is 0 Å². The Morgan fingerprint density at radius 1 is 0.500 bits per heavy atom. The SMILES string of the molecule is C[Si]C.Cc1cc2c(-c3ccc(C(C)(C)C)cc3)cccc2[cH-]1.Cc1cc2c(-c3ccc(C(C)(C)C)cc3)cccc2[cH-]1.Cl.Cl.[Hf]. The van der Waals surface area contributed by atoms with Crippen LogP contribution in [0.15, 0.2) is 109 Å². The molecule has 0 heterocycles. The third kappa shape index (κ3) is 10.4. The van der Waals surface area contributed by atoms with Crippen LogP contribution in [0.1, 0.15) is 63.8 Å². The van der Waals surface area contributed by atoms with E-state index in [0.717, 1.165) is 9.52 Å². The Morgan fingerprint density at radius 3 is 1.09 bits per heavy atom. The van der Waals surface area contributed by atoms with Crippen LogP contribution < -0.4 is 0 Å². The van der Waals surface area contributed by atoms with Crippen LogP contribution in [0.3, 0.4) is 0 Å². The molecular formula is C42H50Cl2HfSi-2. The Kier molecular flexibility index (Phi) is 16.2. The zero-order chi connectivity index (χ0) is 31.4. The van der Waals surface area contributed by atoms with Crippen molar-refractivity contribution < 1.29 is 25.8 Å². The van der Waals surface area contributed by atoms with Crippen molar-refractivity contribution in [1.29, 1.82) is 0 Å². The van der Waals surface area contributed by atoms with Gasteiger partial charge in [-0.05, 0) is 33.1 Å². The van der Waals surface area contributed by atoms with Crippen molar-refractivity contribution in [3.8, 4) is 22.3 Å². The van der Waals surface area contributed by atoms with E-state index in [1.54, 1.807) is 0 Å². The summed E-state index contributed by atoms with van der Waals surface area (Å²) >= 11 is 0. The molecule has 0 spiro atoms. The van der Waals surface area contributed by atoms with E-state index in [4.69, 9.17) is 0 Å². The number of fused-ring (bicyclic) bond motifs is 2. The summed E-state index contributed by atoms with van der Waals surface area (Å²) < 4.78 is 0. The van der Waals surface area contributed by atoms with Crippen LogP contribution >= 0.6 is 24.8 Å². The van der Waals surface area contributed by atoms with Gasteiger partial charge >= 0.3 is 0 Å². The minimum Gasteiger partial charge on any atom is -0.165 e. The summed E-state index contributed by atoms with van der Waals surface area (Å²) in [5, 5.41) is 5.38. The molecule has 242 valence electrons. The van der Waals surface area contributed by atoms with Gasteiger partial charge in [-0.25, -0.2) is 0 Å². The number of rotatable bonds is 2. The molecule has 6 aromatic rings. The number of hydrogen-bond donors (Lipinski definition) is 0. The van der Waals surface area contributed by atoms with Gasteiger partial charge in [-0.2, -0.15) is 12.1 Å². The Labute approximate surface area is 312 Å². The number of benzene rings is 4. The van der Waals surface area contributed by atoms with Crippen LogP contribution in [0, 0.1) is 13.8 Å². The quantitative estimate of drug-likeness (QED) is 0.120. The molecule has 0 aliphatic carbocycles. The normalized spacial score (nSPS) is 10.8. The zero-order valence-electron chi connectivity index (χ0n) is 29.2. The summed E-state index contributed by atoms with van der Waals surface area (Å²) in [5.74, 6) is 0. The Bertz CT molecular complexity index is 1640. The fourth-order valence-corrected chi connectivity index (χ4v) is 5.57. The molecule has 0 aromatic heterocycles. The van der Waals surface area contributed by atoms with E-state index < -0.39 is 0 Å². The molecule has 0 saturated carbocycles. The van der Waals surface area contributed by atoms with Crippen molar-refractivity contribution in [3.63, 3.8) is 0 Å². The third-order valence-electron chi connectivity index (χ3n) is 7.91. The summed E-state index contributed by atoms with van der Waals surface area (Å²) in [6.07, 6.45) is 0. The predicted molar refractivity (Wildman–Crippen MR) is 209 cm³/mol. The molecule has 0 aliphatic rings. The van der Waals surface area contributed by atoms with Crippen LogP contribution in [0.2, 0.25) is 13.1 Å². The van der Waals surface area contributed by atoms with Gasteiger partial charge < -0.3 is 0 Å². The van der Waals surface area contributed by atoms with E-state index in [-0.39, 0.29) is 61.5 Å². The van der Waals surface area contributed by atoms with E-state index >= 15 is 0 Å². The van der Waals surface area contributed by atoms with Crippen LogP contribution in [0.4, 0.5) is 0 Å². The van der Waals surface area contributed by atoms with Gasteiger partial charge in [-0.1, -0.05) is 140 Å². The van der Waals surface area contributed by atoms with Gasteiger partial charge in [0.05, 0.1) is 0 Å². The van der Waals surface area contributed by atoms with Crippen LogP contribution in [0.5, 0.6) is 0 Å².